The smallest absolute Gasteiger partial charge is 0.229 e. The number of fused-ring (bicyclic) bond motifs is 8. The van der Waals surface area contributed by atoms with Crippen molar-refractivity contribution in [1.29, 1.82) is 0 Å². The Bertz CT molecular complexity index is 8960. The molecule has 25 rings (SSSR count). The average Bonchev–Trinajstić information content (AvgIpc) is 1.64. The number of hydrogen-bond acceptors (Lipinski definition) is 24. The van der Waals surface area contributed by atoms with Crippen LogP contribution in [0.5, 0.6) is 0 Å². The molecule has 0 atom stereocenters. The molecule has 0 spiro atoms. The summed E-state index contributed by atoms with van der Waals surface area (Å²) in [5, 5.41) is 43.1. The molecule has 0 unspecified atom stereocenters. The zero-order chi connectivity index (χ0) is 96.6. The van der Waals surface area contributed by atoms with Crippen LogP contribution in [-0.2, 0) is 20.8 Å². The Morgan fingerprint density at radius 3 is 0.965 bits per heavy atom. The van der Waals surface area contributed by atoms with Crippen molar-refractivity contribution in [3.8, 4) is 135 Å². The fraction of sp³-hybridized carbons (Fsp3) is 0.0935. The minimum absolute atomic E-state index is 0.0503. The maximum atomic E-state index is 12.6. The van der Waals surface area contributed by atoms with E-state index in [9.17, 15) is 14.4 Å². The first kappa shape index (κ1) is 87.7. The van der Waals surface area contributed by atoms with E-state index < -0.39 is 5.41 Å². The summed E-state index contributed by atoms with van der Waals surface area (Å²) in [6.45, 7) is 9.33. The summed E-state index contributed by atoms with van der Waals surface area (Å²) in [7, 11) is 4.01. The fourth-order valence-corrected chi connectivity index (χ4v) is 16.6. The number of furan rings is 4. The minimum atomic E-state index is -0.500. The standard InChI is InChI=1S/C30H21N7O2.C27H23N7O2.C26H21N7O2.C24H19N7O/c38-27(10-18-4-2-1-3-5-18)33-22-11-21(13-31-14-22)19-6-7-25-23(12-19)29(37-36-25)30-34-26-16-32-15-24(28(26)35-30)20-8-9-39-17-20;1-27(2,3)26(35)30-18-8-17(10-28-11-18)15-4-5-21-19(9-15)24(34-33-21)25-31-22-13-29-12-20(23(22)32-25)16-6-7-36-14-16;1-14(2)26(34)29-18-7-17(9-27-10-18)15-3-4-21-19(8-15)24(33-32-21)25-30-22-12-28-11-20(23(22)31-25)16-5-6-35-13-16;1-31(2)17-7-16(9-25-10-17)14-3-4-20-18(8-14)23(30-29-20)24-27-21-12-26-11-19(22(21)28-24)15-5-6-32-13-15/h1-9,11-17H,10H2,(H,33,38)(H,34,35)(H,36,37);4-14H,1-3H3,(H,30,35)(H,31,32)(H,33,34);3-14H,1-2H3,(H,29,34)(H,30,31)(H,32,33);3-13H,1-2H3,(H,27,28)(H,29,30). The molecule has 20 heterocycles. The number of imidazole rings is 4. The van der Waals surface area contributed by atoms with E-state index in [-0.39, 0.29) is 23.6 Å². The summed E-state index contributed by atoms with van der Waals surface area (Å²) in [4.78, 5) is 107. The molecule has 0 radical (unpaired) electrons. The highest BCUT2D eigenvalue weighted by Gasteiger charge is 2.26. The number of rotatable bonds is 19. The van der Waals surface area contributed by atoms with Crippen molar-refractivity contribution in [3.63, 3.8) is 0 Å². The number of benzene rings is 5. The molecule has 25 aromatic rings. The maximum absolute atomic E-state index is 12.6. The lowest BCUT2D eigenvalue weighted by atomic mass is 9.95. The topological polar surface area (TPSA) is 476 Å². The van der Waals surface area contributed by atoms with Gasteiger partial charge in [-0.15, -0.1) is 0 Å². The lowest BCUT2D eigenvalue weighted by Gasteiger charge is -2.17. The molecule has 0 bridgehead atoms. The minimum Gasteiger partial charge on any atom is -0.472 e. The van der Waals surface area contributed by atoms with Gasteiger partial charge in [0.1, 0.15) is 44.8 Å². The second kappa shape index (κ2) is 37.2. The molecule has 142 heavy (non-hydrogen) atoms. The van der Waals surface area contributed by atoms with Crippen LogP contribution in [0.4, 0.5) is 22.7 Å². The van der Waals surface area contributed by atoms with Gasteiger partial charge in [-0.2, -0.15) is 20.4 Å². The third-order valence-corrected chi connectivity index (χ3v) is 24.1. The molecule has 0 aliphatic heterocycles. The predicted molar refractivity (Wildman–Crippen MR) is 544 cm³/mol. The summed E-state index contributed by atoms with van der Waals surface area (Å²) >= 11 is 0. The van der Waals surface area contributed by atoms with Gasteiger partial charge in [0.25, 0.3) is 0 Å². The van der Waals surface area contributed by atoms with Crippen LogP contribution in [0.2, 0.25) is 0 Å². The summed E-state index contributed by atoms with van der Waals surface area (Å²) in [5.41, 5.74) is 31.1. The molecule has 694 valence electrons. The van der Waals surface area contributed by atoms with Crippen LogP contribution in [0.3, 0.4) is 0 Å². The summed E-state index contributed by atoms with van der Waals surface area (Å²) in [6.07, 6.45) is 41.7. The number of carbonyl (C=O) groups is 3. The van der Waals surface area contributed by atoms with E-state index in [0.29, 0.717) is 63.9 Å². The molecule has 0 aliphatic rings. The van der Waals surface area contributed by atoms with E-state index >= 15 is 0 Å². The van der Waals surface area contributed by atoms with Crippen molar-refractivity contribution >= 4 is 128 Å². The van der Waals surface area contributed by atoms with Crippen molar-refractivity contribution in [2.75, 3.05) is 34.9 Å². The third-order valence-electron chi connectivity index (χ3n) is 24.1. The Morgan fingerprint density at radius 2 is 0.648 bits per heavy atom. The molecule has 35 heteroatoms. The predicted octanol–water partition coefficient (Wildman–Crippen LogP) is 22.1. The van der Waals surface area contributed by atoms with Gasteiger partial charge in [-0.1, -0.05) is 89.2 Å². The van der Waals surface area contributed by atoms with Gasteiger partial charge in [0, 0.05) is 163 Å². The molecule has 3 amide bonds. The Balaban J connectivity index is 0.000000109. The quantitative estimate of drug-likeness (QED) is 0.0358. The van der Waals surface area contributed by atoms with Crippen LogP contribution in [-0.4, -0.2) is 152 Å². The van der Waals surface area contributed by atoms with Gasteiger partial charge in [-0.3, -0.25) is 74.7 Å². The number of nitrogens with one attached hydrogen (secondary N) is 11. The number of hydrogen-bond donors (Lipinski definition) is 11. The zero-order valence-electron chi connectivity index (χ0n) is 77.0. The molecule has 0 aliphatic carbocycles. The van der Waals surface area contributed by atoms with Crippen LogP contribution in [0.15, 0.2) is 319 Å². The summed E-state index contributed by atoms with van der Waals surface area (Å²) in [6, 6.07) is 49.3. The molecular formula is C107H84N28O7. The van der Waals surface area contributed by atoms with Gasteiger partial charge in [0.15, 0.2) is 23.3 Å². The van der Waals surface area contributed by atoms with E-state index in [4.69, 9.17) is 37.6 Å². The van der Waals surface area contributed by atoms with Crippen LogP contribution < -0.4 is 20.9 Å². The molecule has 20 aromatic heterocycles. The van der Waals surface area contributed by atoms with Crippen LogP contribution in [0, 0.1) is 11.3 Å². The average molecular weight is 1870 g/mol. The summed E-state index contributed by atoms with van der Waals surface area (Å²) < 4.78 is 21.0. The Hall–Kier alpha value is -19.6. The highest BCUT2D eigenvalue weighted by molar-refractivity contribution is 6.05. The normalized spacial score (nSPS) is 11.5. The van der Waals surface area contributed by atoms with Crippen molar-refractivity contribution in [1.82, 2.24) is 121 Å². The van der Waals surface area contributed by atoms with E-state index in [2.05, 4.69) is 135 Å². The molecule has 0 saturated heterocycles. The fourth-order valence-electron chi connectivity index (χ4n) is 16.6. The molecule has 11 N–H and O–H groups in total. The molecule has 5 aromatic carbocycles. The van der Waals surface area contributed by atoms with E-state index in [1.54, 1.807) is 137 Å². The molecule has 0 saturated carbocycles. The van der Waals surface area contributed by atoms with Gasteiger partial charge in [-0.25, -0.2) is 19.9 Å². The lowest BCUT2D eigenvalue weighted by Crippen LogP contribution is -2.27. The Labute approximate surface area is 805 Å². The highest BCUT2D eigenvalue weighted by Crippen LogP contribution is 2.41. The van der Waals surface area contributed by atoms with Gasteiger partial charge >= 0.3 is 0 Å². The van der Waals surface area contributed by atoms with Crippen LogP contribution >= 0.6 is 0 Å². The van der Waals surface area contributed by atoms with Crippen LogP contribution in [0.1, 0.15) is 40.2 Å². The van der Waals surface area contributed by atoms with Crippen LogP contribution in [0.25, 0.3) is 223 Å². The van der Waals surface area contributed by atoms with Crippen molar-refractivity contribution in [2.45, 2.75) is 41.0 Å². The van der Waals surface area contributed by atoms with E-state index in [0.717, 1.165) is 194 Å². The Morgan fingerprint density at radius 1 is 0.331 bits per heavy atom. The van der Waals surface area contributed by atoms with Crippen molar-refractivity contribution < 1.29 is 32.1 Å². The van der Waals surface area contributed by atoms with E-state index in [1.165, 1.54) is 0 Å². The third kappa shape index (κ3) is 17.8. The van der Waals surface area contributed by atoms with Gasteiger partial charge in [0.05, 0.1) is 173 Å². The Kier molecular flexibility index (Phi) is 23.0. The van der Waals surface area contributed by atoms with Gasteiger partial charge in [-0.05, 0) is 125 Å². The summed E-state index contributed by atoms with van der Waals surface area (Å²) in [5.74, 6) is 2.26. The molecule has 35 nitrogen and oxygen atoms in total. The van der Waals surface area contributed by atoms with Gasteiger partial charge in [0.2, 0.25) is 17.7 Å². The first-order chi connectivity index (χ1) is 69.3. The van der Waals surface area contributed by atoms with Gasteiger partial charge < -0.3 is 58.5 Å². The largest absolute Gasteiger partial charge is 0.472 e. The number of anilines is 4. The van der Waals surface area contributed by atoms with Crippen molar-refractivity contribution in [3.05, 3.63) is 306 Å². The second-order valence-electron chi connectivity index (χ2n) is 35.3. The van der Waals surface area contributed by atoms with Crippen molar-refractivity contribution in [2.24, 2.45) is 11.3 Å². The first-order valence-corrected chi connectivity index (χ1v) is 45.2. The molecular weight excluding hydrogens is 1790 g/mol. The maximum Gasteiger partial charge on any atom is 0.229 e. The monoisotopic (exact) mass is 1870 g/mol. The number of H-pyrrole nitrogens is 8. The number of nitrogens with zero attached hydrogens (tertiary/aromatic N) is 17. The molecule has 0 fully saturated rings. The highest BCUT2D eigenvalue weighted by atomic mass is 16.3. The number of pyridine rings is 8. The zero-order valence-corrected chi connectivity index (χ0v) is 77.0. The second-order valence-corrected chi connectivity index (χ2v) is 35.3. The first-order valence-electron chi connectivity index (χ1n) is 45.2. The lowest BCUT2D eigenvalue weighted by molar-refractivity contribution is -0.123. The van der Waals surface area contributed by atoms with E-state index in [1.807, 2.05) is 199 Å². The number of aromatic amines is 8. The number of carbonyl (C=O) groups excluding carboxylic acids is 3. The number of amides is 3. The number of aromatic nitrogens is 24. The SMILES string of the molecule is CC(C)(C)C(=O)Nc1cncc(-c2ccc3[nH]nc(-c4nc5c(-c6ccoc6)cncc5[nH]4)c3c2)c1.CC(C)C(=O)Nc1cncc(-c2ccc3[nH]nc(-c4nc5c(-c6ccoc6)cncc5[nH]4)c3c2)c1.CN(C)c1cncc(-c2ccc3[nH]nc(-c4nc5c(-c6ccoc6)cncc5[nH]4)c3c2)c1.O=C(Cc1ccccc1)Nc1cncc(-c2ccc3[nH]nc(-c4nc5c(-c6ccoc6)cncc5[nH]4)c3c2)c1.